The van der Waals surface area contributed by atoms with Crippen molar-refractivity contribution in [2.24, 2.45) is 0 Å². The van der Waals surface area contributed by atoms with E-state index in [-0.39, 0.29) is 17.0 Å². The van der Waals surface area contributed by atoms with Gasteiger partial charge in [-0.25, -0.2) is 0 Å². The molecule has 0 unspecified atom stereocenters. The molecular formula is C15H14BrNS. The average molecular weight is 320 g/mol. The molecular weight excluding hydrogens is 306 g/mol. The smallest absolute Gasteiger partial charge is 0.225 e. The van der Waals surface area contributed by atoms with Crippen LogP contribution in [0.2, 0.25) is 0 Å². The second-order valence-electron chi connectivity index (χ2n) is 4.12. The van der Waals surface area contributed by atoms with Gasteiger partial charge in [0, 0.05) is 12.5 Å². The van der Waals surface area contributed by atoms with Crippen LogP contribution in [0.3, 0.4) is 0 Å². The van der Waals surface area contributed by atoms with E-state index in [2.05, 4.69) is 64.7 Å². The number of halogens is 1. The summed E-state index contributed by atoms with van der Waals surface area (Å²) in [5.74, 6) is 0. The summed E-state index contributed by atoms with van der Waals surface area (Å²) in [6, 6.07) is 19.2. The second-order valence-corrected chi connectivity index (χ2v) is 5.01. The van der Waals surface area contributed by atoms with Crippen LogP contribution in [0.4, 0.5) is 0 Å². The van der Waals surface area contributed by atoms with Crippen molar-refractivity contribution in [3.8, 4) is 0 Å². The van der Waals surface area contributed by atoms with Gasteiger partial charge in [0.1, 0.15) is 4.70 Å². The van der Waals surface area contributed by atoms with Gasteiger partial charge in [-0.15, -0.1) is 0 Å². The van der Waals surface area contributed by atoms with Gasteiger partial charge in [-0.3, -0.25) is 0 Å². The van der Waals surface area contributed by atoms with Crippen LogP contribution in [-0.4, -0.2) is 0 Å². The van der Waals surface area contributed by atoms with Gasteiger partial charge in [0.2, 0.25) is 11.0 Å². The highest BCUT2D eigenvalue weighted by atomic mass is 79.9. The van der Waals surface area contributed by atoms with E-state index in [0.717, 1.165) is 13.0 Å². The van der Waals surface area contributed by atoms with Gasteiger partial charge in [0.15, 0.2) is 6.54 Å². The van der Waals surface area contributed by atoms with Crippen molar-refractivity contribution in [2.75, 3.05) is 0 Å². The molecule has 3 rings (SSSR count). The first-order valence-corrected chi connectivity index (χ1v) is 6.71. The topological polar surface area (TPSA) is 3.88 Å². The summed E-state index contributed by atoms with van der Waals surface area (Å²) < 4.78 is 3.70. The molecule has 2 aromatic carbocycles. The van der Waals surface area contributed by atoms with Crippen molar-refractivity contribution < 1.29 is 21.5 Å². The van der Waals surface area contributed by atoms with Crippen molar-refractivity contribution in [2.45, 2.75) is 13.0 Å². The first-order valence-electron chi connectivity index (χ1n) is 5.83. The maximum atomic E-state index is 2.34. The summed E-state index contributed by atoms with van der Waals surface area (Å²) in [4.78, 5) is 0. The van der Waals surface area contributed by atoms with E-state index in [1.54, 1.807) is 0 Å². The van der Waals surface area contributed by atoms with E-state index in [1.165, 1.54) is 15.8 Å². The van der Waals surface area contributed by atoms with Gasteiger partial charge in [0.05, 0.1) is 0 Å². The Hall–Kier alpha value is -1.19. The van der Waals surface area contributed by atoms with Gasteiger partial charge in [-0.2, -0.15) is 4.57 Å². The van der Waals surface area contributed by atoms with E-state index in [9.17, 15) is 0 Å². The molecule has 0 atom stereocenters. The zero-order valence-corrected chi connectivity index (χ0v) is 12.3. The van der Waals surface area contributed by atoms with Gasteiger partial charge >= 0.3 is 0 Å². The minimum atomic E-state index is 0. The fourth-order valence-corrected chi connectivity index (χ4v) is 2.96. The highest BCUT2D eigenvalue weighted by Gasteiger charge is 2.10. The number of nitrogens with zero attached hydrogens (tertiary/aromatic N) is 1. The predicted octanol–water partition coefficient (Wildman–Crippen LogP) is 0.436. The number of para-hydroxylation sites is 1. The third kappa shape index (κ3) is 2.79. The third-order valence-corrected chi connectivity index (χ3v) is 3.92. The van der Waals surface area contributed by atoms with Crippen molar-refractivity contribution in [1.29, 1.82) is 0 Å². The molecule has 1 aromatic heterocycles. The maximum Gasteiger partial charge on any atom is 0.225 e. The molecule has 3 aromatic rings. The lowest BCUT2D eigenvalue weighted by atomic mass is 10.1. The van der Waals surface area contributed by atoms with Crippen LogP contribution in [0, 0.1) is 0 Å². The molecule has 0 aliphatic carbocycles. The Morgan fingerprint density at radius 3 is 2.44 bits per heavy atom. The lowest BCUT2D eigenvalue weighted by Gasteiger charge is -1.96. The number of benzene rings is 2. The van der Waals surface area contributed by atoms with Gasteiger partial charge in [-0.05, 0) is 11.6 Å². The molecule has 0 saturated carbocycles. The lowest BCUT2D eigenvalue weighted by Crippen LogP contribution is -3.00. The molecule has 92 valence electrons. The highest BCUT2D eigenvalue weighted by molar-refractivity contribution is 7.16. The molecule has 1 nitrogen and oxygen atoms in total. The maximum absolute atomic E-state index is 2.34. The number of aryl methyl sites for hydroxylation is 2. The van der Waals surface area contributed by atoms with Crippen molar-refractivity contribution in [1.82, 2.24) is 0 Å². The third-order valence-electron chi connectivity index (χ3n) is 2.97. The Labute approximate surface area is 121 Å². The van der Waals surface area contributed by atoms with E-state index < -0.39 is 0 Å². The van der Waals surface area contributed by atoms with Crippen LogP contribution < -0.4 is 21.5 Å². The number of rotatable bonds is 3. The average Bonchev–Trinajstić information content (AvgIpc) is 2.81. The highest BCUT2D eigenvalue weighted by Crippen LogP contribution is 2.15. The quantitative estimate of drug-likeness (QED) is 0.617. The van der Waals surface area contributed by atoms with Gasteiger partial charge in [-0.1, -0.05) is 53.8 Å². The largest absolute Gasteiger partial charge is 1.00 e. The van der Waals surface area contributed by atoms with E-state index in [4.69, 9.17) is 0 Å². The van der Waals surface area contributed by atoms with Crippen LogP contribution in [0.5, 0.6) is 0 Å². The number of fused-ring (bicyclic) bond motifs is 1. The Kier molecular flexibility index (Phi) is 4.50. The standard InChI is InChI=1S/C15H14NS.BrH/c1-2-6-13(7-3-1)10-11-16-12-17-15-9-5-4-8-14(15)16;/h1-9,12H,10-11H2;1H/q+1;/p-1. The Morgan fingerprint density at radius 1 is 0.889 bits per heavy atom. The SMILES string of the molecule is [Br-].c1ccc(CC[n+]2csc3ccccc32)cc1. The van der Waals surface area contributed by atoms with Gasteiger partial charge in [0.25, 0.3) is 0 Å². The Bertz CT molecular complexity index is 618. The van der Waals surface area contributed by atoms with E-state index in [1.807, 2.05) is 11.3 Å². The van der Waals surface area contributed by atoms with Crippen molar-refractivity contribution in [3.63, 3.8) is 0 Å². The molecule has 0 amide bonds. The van der Waals surface area contributed by atoms with Crippen LogP contribution in [0.1, 0.15) is 5.56 Å². The predicted molar refractivity (Wildman–Crippen MR) is 72.2 cm³/mol. The molecule has 3 heteroatoms. The molecule has 18 heavy (non-hydrogen) atoms. The number of hydrogen-bond donors (Lipinski definition) is 0. The minimum Gasteiger partial charge on any atom is -1.00 e. The summed E-state index contributed by atoms with van der Waals surface area (Å²) in [5, 5.41) is 0. The Balaban J connectivity index is 0.00000120. The molecule has 0 spiro atoms. The van der Waals surface area contributed by atoms with E-state index in [0.29, 0.717) is 0 Å². The van der Waals surface area contributed by atoms with Crippen LogP contribution >= 0.6 is 11.3 Å². The van der Waals surface area contributed by atoms with Crippen molar-refractivity contribution in [3.05, 3.63) is 65.7 Å². The number of hydrogen-bond acceptors (Lipinski definition) is 1. The lowest BCUT2D eigenvalue weighted by molar-refractivity contribution is -0.666. The van der Waals surface area contributed by atoms with Crippen molar-refractivity contribution >= 4 is 21.6 Å². The first kappa shape index (κ1) is 13.2. The van der Waals surface area contributed by atoms with Crippen LogP contribution in [0.15, 0.2) is 60.1 Å². The van der Waals surface area contributed by atoms with Crippen LogP contribution in [-0.2, 0) is 13.0 Å². The number of aromatic nitrogens is 1. The first-order chi connectivity index (χ1) is 8.43. The molecule has 1 heterocycles. The molecule has 0 fully saturated rings. The molecule has 0 N–H and O–H groups in total. The summed E-state index contributed by atoms with van der Waals surface area (Å²) in [6.45, 7) is 1.05. The molecule has 0 aliphatic rings. The molecule has 0 aliphatic heterocycles. The zero-order chi connectivity index (χ0) is 11.5. The zero-order valence-electron chi connectivity index (χ0n) is 9.92. The minimum absolute atomic E-state index is 0. The van der Waals surface area contributed by atoms with Gasteiger partial charge < -0.3 is 17.0 Å². The molecule has 0 saturated heterocycles. The summed E-state index contributed by atoms with van der Waals surface area (Å²) >= 11 is 1.81. The normalized spacial score (nSPS) is 10.2. The van der Waals surface area contributed by atoms with Crippen LogP contribution in [0.25, 0.3) is 10.2 Å². The fraction of sp³-hybridized carbons (Fsp3) is 0.133. The summed E-state index contributed by atoms with van der Waals surface area (Å²) in [7, 11) is 0. The molecule has 0 radical (unpaired) electrons. The summed E-state index contributed by atoms with van der Waals surface area (Å²) in [5.41, 5.74) is 4.96. The second kappa shape index (κ2) is 6.12. The molecule has 0 bridgehead atoms. The van der Waals surface area contributed by atoms with E-state index >= 15 is 0 Å². The summed E-state index contributed by atoms with van der Waals surface area (Å²) in [6.07, 6.45) is 1.09. The number of thiazole rings is 1. The monoisotopic (exact) mass is 319 g/mol. The Morgan fingerprint density at radius 2 is 1.61 bits per heavy atom. The fourth-order valence-electron chi connectivity index (χ4n) is 2.04.